The van der Waals surface area contributed by atoms with Gasteiger partial charge in [-0.3, -0.25) is 0 Å². The van der Waals surface area contributed by atoms with E-state index in [2.05, 4.69) is 26.8 Å². The number of hydrogen-bond donors (Lipinski definition) is 1. The highest BCUT2D eigenvalue weighted by Gasteiger charge is 2.20. The Balaban J connectivity index is 2.36. The molecule has 1 aromatic carbocycles. The van der Waals surface area contributed by atoms with Gasteiger partial charge >= 0.3 is 0 Å². The van der Waals surface area contributed by atoms with Gasteiger partial charge in [-0.05, 0) is 35.7 Å². The van der Waals surface area contributed by atoms with Gasteiger partial charge in [0, 0.05) is 20.3 Å². The van der Waals surface area contributed by atoms with Gasteiger partial charge in [-0.15, -0.1) is 11.3 Å². The molecule has 2 rings (SSSR count). The molecule has 2 N–H and O–H groups in total. The second-order valence-corrected chi connectivity index (χ2v) is 7.15. The second-order valence-electron chi connectivity index (χ2n) is 5.60. The molecule has 0 amide bonds. The molecule has 1 aromatic heterocycles. The molecule has 2 aromatic rings. The Morgan fingerprint density at radius 2 is 1.89 bits per heavy atom. The highest BCUT2D eigenvalue weighted by molar-refractivity contribution is 7.12. The summed E-state index contributed by atoms with van der Waals surface area (Å²) in [4.78, 5) is 2.19. The van der Waals surface area contributed by atoms with Crippen LogP contribution in [0.2, 0.25) is 5.02 Å². The molecular weight excluding hydrogens is 281 g/mol. The molecule has 1 unspecified atom stereocenters. The van der Waals surface area contributed by atoms with Crippen molar-refractivity contribution < 1.29 is 4.39 Å². The zero-order valence-electron chi connectivity index (χ0n) is 11.2. The molecule has 0 radical (unpaired) electrons. The Bertz CT molecular complexity index is 586. The summed E-state index contributed by atoms with van der Waals surface area (Å²) in [6, 6.07) is 8.04. The molecule has 0 aliphatic heterocycles. The number of nitrogens with two attached hydrogens (primary N) is 1. The van der Waals surface area contributed by atoms with Gasteiger partial charge in [0.2, 0.25) is 0 Å². The van der Waals surface area contributed by atoms with Crippen LogP contribution in [0.1, 0.15) is 42.1 Å². The molecule has 0 aliphatic carbocycles. The lowest BCUT2D eigenvalue weighted by molar-refractivity contribution is 0.601. The summed E-state index contributed by atoms with van der Waals surface area (Å²) in [6.07, 6.45) is 0. The first kappa shape index (κ1) is 14.5. The predicted octanol–water partition coefficient (Wildman–Crippen LogP) is 4.89. The van der Waals surface area contributed by atoms with Crippen LogP contribution in [0.15, 0.2) is 30.3 Å². The molecule has 19 heavy (non-hydrogen) atoms. The van der Waals surface area contributed by atoms with Gasteiger partial charge in [-0.25, -0.2) is 4.39 Å². The SMILES string of the molecule is CC(C)(C)c1ccc(C(N)c2cc(Cl)ccc2F)s1. The summed E-state index contributed by atoms with van der Waals surface area (Å²) < 4.78 is 13.8. The van der Waals surface area contributed by atoms with Crippen molar-refractivity contribution in [2.45, 2.75) is 32.2 Å². The monoisotopic (exact) mass is 297 g/mol. The van der Waals surface area contributed by atoms with Crippen molar-refractivity contribution in [1.82, 2.24) is 0 Å². The van der Waals surface area contributed by atoms with Crippen molar-refractivity contribution in [3.63, 3.8) is 0 Å². The number of thiophene rings is 1. The van der Waals surface area contributed by atoms with Gasteiger partial charge in [-0.1, -0.05) is 32.4 Å². The van der Waals surface area contributed by atoms with Gasteiger partial charge in [0.05, 0.1) is 6.04 Å². The summed E-state index contributed by atoms with van der Waals surface area (Å²) in [7, 11) is 0. The Labute approximate surface area is 122 Å². The summed E-state index contributed by atoms with van der Waals surface area (Å²) >= 11 is 7.53. The quantitative estimate of drug-likeness (QED) is 0.839. The van der Waals surface area contributed by atoms with Gasteiger partial charge in [0.25, 0.3) is 0 Å². The van der Waals surface area contributed by atoms with Crippen LogP contribution < -0.4 is 5.73 Å². The predicted molar refractivity (Wildman–Crippen MR) is 80.5 cm³/mol. The van der Waals surface area contributed by atoms with Gasteiger partial charge in [-0.2, -0.15) is 0 Å². The van der Waals surface area contributed by atoms with E-state index in [1.165, 1.54) is 17.0 Å². The minimum atomic E-state index is -0.472. The van der Waals surface area contributed by atoms with E-state index in [0.717, 1.165) is 4.88 Å². The third kappa shape index (κ3) is 3.16. The minimum absolute atomic E-state index is 0.0789. The van der Waals surface area contributed by atoms with E-state index in [1.807, 2.05) is 6.07 Å². The highest BCUT2D eigenvalue weighted by atomic mass is 35.5. The van der Waals surface area contributed by atoms with E-state index in [9.17, 15) is 4.39 Å². The molecule has 0 fully saturated rings. The Morgan fingerprint density at radius 1 is 1.21 bits per heavy atom. The van der Waals surface area contributed by atoms with Crippen LogP contribution in [0.5, 0.6) is 0 Å². The van der Waals surface area contributed by atoms with E-state index in [-0.39, 0.29) is 11.2 Å². The van der Waals surface area contributed by atoms with Crippen LogP contribution in [0.25, 0.3) is 0 Å². The van der Waals surface area contributed by atoms with Crippen molar-refractivity contribution in [2.75, 3.05) is 0 Å². The van der Waals surface area contributed by atoms with Gasteiger partial charge in [0.15, 0.2) is 0 Å². The summed E-state index contributed by atoms with van der Waals surface area (Å²) in [6.45, 7) is 6.44. The Kier molecular flexibility index (Phi) is 4.00. The number of hydrogen-bond acceptors (Lipinski definition) is 2. The normalized spacial score (nSPS) is 13.6. The first-order valence-corrected chi connectivity index (χ1v) is 7.29. The average Bonchev–Trinajstić information content (AvgIpc) is 2.80. The third-order valence-corrected chi connectivity index (χ3v) is 4.79. The van der Waals surface area contributed by atoms with E-state index in [0.29, 0.717) is 10.6 Å². The topological polar surface area (TPSA) is 26.0 Å². The van der Waals surface area contributed by atoms with Crippen molar-refractivity contribution >= 4 is 22.9 Å². The number of rotatable bonds is 2. The molecule has 1 atom stereocenters. The van der Waals surface area contributed by atoms with E-state index >= 15 is 0 Å². The molecule has 0 saturated heterocycles. The zero-order chi connectivity index (χ0) is 14.2. The molecule has 0 bridgehead atoms. The largest absolute Gasteiger partial charge is 0.320 e. The molecule has 0 saturated carbocycles. The first-order chi connectivity index (χ1) is 8.79. The molecule has 1 nitrogen and oxygen atoms in total. The Hall–Kier alpha value is -0.900. The van der Waals surface area contributed by atoms with Crippen LogP contribution >= 0.6 is 22.9 Å². The first-order valence-electron chi connectivity index (χ1n) is 6.10. The molecule has 4 heteroatoms. The third-order valence-electron chi connectivity index (χ3n) is 2.97. The second kappa shape index (κ2) is 5.23. The highest BCUT2D eigenvalue weighted by Crippen LogP contribution is 2.34. The van der Waals surface area contributed by atoms with E-state index < -0.39 is 6.04 Å². The maximum Gasteiger partial charge on any atom is 0.128 e. The molecular formula is C15H17ClFNS. The van der Waals surface area contributed by atoms with Crippen molar-refractivity contribution in [1.29, 1.82) is 0 Å². The van der Waals surface area contributed by atoms with Crippen LogP contribution in [0, 0.1) is 5.82 Å². The van der Waals surface area contributed by atoms with Crippen LogP contribution in [0.3, 0.4) is 0 Å². The standard InChI is InChI=1S/C15H17ClFNS/c1-15(2,3)13-7-6-12(19-13)14(18)10-8-9(16)4-5-11(10)17/h4-8,14H,18H2,1-3H3. The summed E-state index contributed by atoms with van der Waals surface area (Å²) in [5, 5.41) is 0.499. The smallest absolute Gasteiger partial charge is 0.128 e. The van der Waals surface area contributed by atoms with E-state index in [4.69, 9.17) is 17.3 Å². The fourth-order valence-corrected chi connectivity index (χ4v) is 3.10. The lowest BCUT2D eigenvalue weighted by Crippen LogP contribution is -2.12. The molecule has 0 spiro atoms. The number of halogens is 2. The van der Waals surface area contributed by atoms with E-state index in [1.54, 1.807) is 17.4 Å². The average molecular weight is 298 g/mol. The Morgan fingerprint density at radius 3 is 2.47 bits per heavy atom. The summed E-state index contributed by atoms with van der Waals surface area (Å²) in [5.41, 5.74) is 6.67. The maximum atomic E-state index is 13.8. The zero-order valence-corrected chi connectivity index (χ0v) is 12.8. The van der Waals surface area contributed by atoms with Crippen molar-refractivity contribution in [3.8, 4) is 0 Å². The lowest BCUT2D eigenvalue weighted by Gasteiger charge is -2.16. The number of benzene rings is 1. The van der Waals surface area contributed by atoms with Crippen LogP contribution in [-0.2, 0) is 5.41 Å². The minimum Gasteiger partial charge on any atom is -0.320 e. The fraction of sp³-hybridized carbons (Fsp3) is 0.333. The molecule has 0 aliphatic rings. The van der Waals surface area contributed by atoms with Gasteiger partial charge in [0.1, 0.15) is 5.82 Å². The lowest BCUT2D eigenvalue weighted by atomic mass is 9.95. The molecule has 102 valence electrons. The summed E-state index contributed by atoms with van der Waals surface area (Å²) in [5.74, 6) is -0.317. The van der Waals surface area contributed by atoms with Crippen LogP contribution in [-0.4, -0.2) is 0 Å². The molecule has 1 heterocycles. The van der Waals surface area contributed by atoms with Crippen LogP contribution in [0.4, 0.5) is 4.39 Å². The van der Waals surface area contributed by atoms with Gasteiger partial charge < -0.3 is 5.73 Å². The van der Waals surface area contributed by atoms with Crippen molar-refractivity contribution in [3.05, 3.63) is 56.5 Å². The fourth-order valence-electron chi connectivity index (χ4n) is 1.83. The maximum absolute atomic E-state index is 13.8. The van der Waals surface area contributed by atoms with Crippen molar-refractivity contribution in [2.24, 2.45) is 5.73 Å².